The second-order valence-electron chi connectivity index (χ2n) is 8.26. The van der Waals surface area contributed by atoms with Gasteiger partial charge in [-0.3, -0.25) is 9.59 Å². The fourth-order valence-electron chi connectivity index (χ4n) is 4.94. The molecule has 2 aliphatic heterocycles. The van der Waals surface area contributed by atoms with Crippen molar-refractivity contribution >= 4 is 11.8 Å². The molecule has 1 saturated heterocycles. The molecule has 34 heavy (non-hydrogen) atoms. The third kappa shape index (κ3) is 2.71. The predicted molar refractivity (Wildman–Crippen MR) is 116 cm³/mol. The molecule has 3 aromatic heterocycles. The Morgan fingerprint density at radius 3 is 2.74 bits per heavy atom. The summed E-state index contributed by atoms with van der Waals surface area (Å²) in [5, 5.41) is 17.8. The number of tetrazole rings is 1. The first-order chi connectivity index (χ1) is 16.5. The number of aryl methyl sites for hydroxylation is 1. The smallest absolute Gasteiger partial charge is 0.272 e. The van der Waals surface area contributed by atoms with Crippen LogP contribution in [-0.4, -0.2) is 72.2 Å². The Bertz CT molecular complexity index is 1390. The zero-order chi connectivity index (χ0) is 23.4. The Kier molecular flexibility index (Phi) is 4.31. The van der Waals surface area contributed by atoms with Crippen molar-refractivity contribution in [2.24, 2.45) is 0 Å². The molecule has 0 saturated carbocycles. The highest BCUT2D eigenvalue weighted by Crippen LogP contribution is 2.44. The number of methoxy groups -OCH3 is 1. The van der Waals surface area contributed by atoms with Gasteiger partial charge in [-0.25, -0.2) is 5.10 Å². The molecule has 1 aromatic carbocycles. The average molecular weight is 460 g/mol. The summed E-state index contributed by atoms with van der Waals surface area (Å²) in [5.74, 6) is 0.709. The number of amides is 2. The number of rotatable bonds is 4. The Hall–Kier alpha value is -4.48. The van der Waals surface area contributed by atoms with Crippen molar-refractivity contribution in [2.75, 3.05) is 20.2 Å². The van der Waals surface area contributed by atoms with Crippen LogP contribution in [0.1, 0.15) is 32.1 Å². The number of benzene rings is 1. The molecule has 0 spiro atoms. The van der Waals surface area contributed by atoms with Crippen molar-refractivity contribution in [3.8, 4) is 17.1 Å². The molecular formula is C22H20N8O4. The van der Waals surface area contributed by atoms with Gasteiger partial charge in [0.25, 0.3) is 11.8 Å². The fourth-order valence-corrected chi connectivity index (χ4v) is 4.94. The van der Waals surface area contributed by atoms with E-state index in [0.29, 0.717) is 53.7 Å². The lowest BCUT2D eigenvalue weighted by Gasteiger charge is -2.47. The third-order valence-corrected chi connectivity index (χ3v) is 6.59. The van der Waals surface area contributed by atoms with Gasteiger partial charge in [-0.1, -0.05) is 17.3 Å². The molecule has 1 atom stereocenters. The van der Waals surface area contributed by atoms with Crippen LogP contribution in [0.25, 0.3) is 11.4 Å². The number of hydrogen-bond donors (Lipinski definition) is 1. The summed E-state index contributed by atoms with van der Waals surface area (Å²) in [6.07, 6.45) is 3.17. The van der Waals surface area contributed by atoms with Gasteiger partial charge in [-0.05, 0) is 35.5 Å². The Morgan fingerprint density at radius 2 is 2.06 bits per heavy atom. The summed E-state index contributed by atoms with van der Waals surface area (Å²) in [5.41, 5.74) is 1.81. The molecule has 0 radical (unpaired) electrons. The lowest BCUT2D eigenvalue weighted by Crippen LogP contribution is -2.60. The lowest BCUT2D eigenvalue weighted by molar-refractivity contribution is -0.00597. The van der Waals surface area contributed by atoms with Gasteiger partial charge in [-0.15, -0.1) is 5.10 Å². The largest absolute Gasteiger partial charge is 0.497 e. The molecule has 12 heteroatoms. The van der Waals surface area contributed by atoms with Gasteiger partial charge in [0, 0.05) is 30.4 Å². The Labute approximate surface area is 193 Å². The molecular weight excluding hydrogens is 440 g/mol. The number of aromatic nitrogens is 6. The van der Waals surface area contributed by atoms with E-state index in [-0.39, 0.29) is 11.8 Å². The molecule has 4 aromatic rings. The molecule has 1 N–H and O–H groups in total. The van der Waals surface area contributed by atoms with Crippen molar-refractivity contribution in [1.82, 2.24) is 40.1 Å². The predicted octanol–water partition coefficient (Wildman–Crippen LogP) is 1.44. The van der Waals surface area contributed by atoms with E-state index < -0.39 is 5.66 Å². The SMILES string of the molecule is COc1ccc(C23Cn4cc(-c5nnn[nH]5)cc4C(=O)N2CCN3C(=O)c2conc2C)cc1. The van der Waals surface area contributed by atoms with Crippen LogP contribution < -0.4 is 4.74 Å². The number of H-pyrrole nitrogens is 1. The van der Waals surface area contributed by atoms with Gasteiger partial charge >= 0.3 is 0 Å². The topological polar surface area (TPSA) is 135 Å². The van der Waals surface area contributed by atoms with Crippen LogP contribution >= 0.6 is 0 Å². The monoisotopic (exact) mass is 460 g/mol. The van der Waals surface area contributed by atoms with Crippen molar-refractivity contribution < 1.29 is 18.8 Å². The quantitative estimate of drug-likeness (QED) is 0.483. The Morgan fingerprint density at radius 1 is 1.24 bits per heavy atom. The third-order valence-electron chi connectivity index (χ3n) is 6.59. The van der Waals surface area contributed by atoms with E-state index >= 15 is 0 Å². The van der Waals surface area contributed by atoms with Gasteiger partial charge in [0.2, 0.25) is 0 Å². The number of ether oxygens (including phenoxy) is 1. The summed E-state index contributed by atoms with van der Waals surface area (Å²) in [4.78, 5) is 31.0. The number of carbonyl (C=O) groups excluding carboxylic acids is 2. The summed E-state index contributed by atoms with van der Waals surface area (Å²) in [6.45, 7) is 2.80. The maximum atomic E-state index is 13.8. The summed E-state index contributed by atoms with van der Waals surface area (Å²) in [7, 11) is 1.59. The number of aromatic amines is 1. The van der Waals surface area contributed by atoms with Crippen LogP contribution in [0.3, 0.4) is 0 Å². The minimum absolute atomic E-state index is 0.182. The van der Waals surface area contributed by atoms with E-state index in [9.17, 15) is 9.59 Å². The molecule has 2 amide bonds. The average Bonchev–Trinajstić information content (AvgIpc) is 3.64. The summed E-state index contributed by atoms with van der Waals surface area (Å²) >= 11 is 0. The zero-order valence-electron chi connectivity index (χ0n) is 18.4. The number of carbonyl (C=O) groups is 2. The molecule has 172 valence electrons. The highest BCUT2D eigenvalue weighted by atomic mass is 16.5. The fraction of sp³-hybridized carbons (Fsp3) is 0.273. The molecule has 2 aliphatic rings. The van der Waals surface area contributed by atoms with Crippen LogP contribution in [-0.2, 0) is 12.2 Å². The highest BCUT2D eigenvalue weighted by molar-refractivity contribution is 5.99. The first kappa shape index (κ1) is 20.1. The lowest BCUT2D eigenvalue weighted by atomic mass is 9.93. The minimum Gasteiger partial charge on any atom is -0.497 e. The number of hydrogen-bond acceptors (Lipinski definition) is 8. The van der Waals surface area contributed by atoms with E-state index in [1.165, 1.54) is 6.26 Å². The number of fused-ring (bicyclic) bond motifs is 2. The van der Waals surface area contributed by atoms with Crippen LogP contribution in [0.15, 0.2) is 47.3 Å². The second kappa shape index (κ2) is 7.27. The van der Waals surface area contributed by atoms with E-state index in [1.54, 1.807) is 29.9 Å². The standard InChI is InChI=1S/C22H20N8O4/c1-13-17(11-34-25-13)20(31)29-7-8-30-21(32)18-9-14(19-23-26-27-24-19)10-28(18)12-22(29,30)15-3-5-16(33-2)6-4-15/h3-6,9-11H,7-8,12H2,1-2H3,(H,23,24,26,27). The van der Waals surface area contributed by atoms with Crippen LogP contribution in [0.2, 0.25) is 0 Å². The van der Waals surface area contributed by atoms with Crippen molar-refractivity contribution in [3.63, 3.8) is 0 Å². The number of nitrogens with zero attached hydrogens (tertiary/aromatic N) is 7. The molecule has 12 nitrogen and oxygen atoms in total. The highest BCUT2D eigenvalue weighted by Gasteiger charge is 2.56. The van der Waals surface area contributed by atoms with Gasteiger partial charge in [-0.2, -0.15) is 0 Å². The minimum atomic E-state index is -1.05. The molecule has 1 unspecified atom stereocenters. The summed E-state index contributed by atoms with van der Waals surface area (Å²) in [6, 6.07) is 9.20. The number of nitrogens with one attached hydrogen (secondary N) is 1. The molecule has 5 heterocycles. The normalized spacial score (nSPS) is 19.3. The van der Waals surface area contributed by atoms with Crippen molar-refractivity contribution in [1.29, 1.82) is 0 Å². The molecule has 0 aliphatic carbocycles. The van der Waals surface area contributed by atoms with Gasteiger partial charge in [0.15, 0.2) is 11.5 Å². The first-order valence-corrected chi connectivity index (χ1v) is 10.7. The first-order valence-electron chi connectivity index (χ1n) is 10.7. The van der Waals surface area contributed by atoms with Gasteiger partial charge in [0.1, 0.15) is 23.3 Å². The zero-order valence-corrected chi connectivity index (χ0v) is 18.4. The van der Waals surface area contributed by atoms with Crippen LogP contribution in [0.5, 0.6) is 5.75 Å². The van der Waals surface area contributed by atoms with Gasteiger partial charge < -0.3 is 23.6 Å². The van der Waals surface area contributed by atoms with E-state index in [1.807, 2.05) is 35.0 Å². The van der Waals surface area contributed by atoms with E-state index in [4.69, 9.17) is 9.26 Å². The van der Waals surface area contributed by atoms with E-state index in [2.05, 4.69) is 25.8 Å². The maximum Gasteiger partial charge on any atom is 0.272 e. The second-order valence-corrected chi connectivity index (χ2v) is 8.26. The Balaban J connectivity index is 1.52. The summed E-state index contributed by atoms with van der Waals surface area (Å²) < 4.78 is 12.2. The van der Waals surface area contributed by atoms with Crippen LogP contribution in [0.4, 0.5) is 0 Å². The van der Waals surface area contributed by atoms with Crippen molar-refractivity contribution in [2.45, 2.75) is 19.1 Å². The van der Waals surface area contributed by atoms with Crippen molar-refractivity contribution in [3.05, 3.63) is 65.3 Å². The maximum absolute atomic E-state index is 13.8. The molecule has 0 bridgehead atoms. The molecule has 6 rings (SSSR count). The van der Waals surface area contributed by atoms with Crippen LogP contribution in [0, 0.1) is 6.92 Å². The van der Waals surface area contributed by atoms with Gasteiger partial charge in [0.05, 0.1) is 19.3 Å². The molecule has 1 fully saturated rings. The van der Waals surface area contributed by atoms with E-state index in [0.717, 1.165) is 5.56 Å².